The van der Waals surface area contributed by atoms with E-state index < -0.39 is 0 Å². The first kappa shape index (κ1) is 12.9. The fourth-order valence-electron chi connectivity index (χ4n) is 1.87. The van der Waals surface area contributed by atoms with Gasteiger partial charge in [-0.3, -0.25) is 0 Å². The summed E-state index contributed by atoms with van der Waals surface area (Å²) in [4.78, 5) is 8.85. The normalized spacial score (nSPS) is 10.9. The molecule has 3 aromatic rings. The van der Waals surface area contributed by atoms with E-state index in [9.17, 15) is 0 Å². The highest BCUT2D eigenvalue weighted by molar-refractivity contribution is 7.22. The molecule has 2 aromatic heterocycles. The molecule has 0 aliphatic carbocycles. The summed E-state index contributed by atoms with van der Waals surface area (Å²) in [6, 6.07) is 5.85. The number of hydrogen-bond acceptors (Lipinski definition) is 6. The number of fused-ring (bicyclic) bond motifs is 1. The Morgan fingerprint density at radius 3 is 2.85 bits per heavy atom. The zero-order valence-corrected chi connectivity index (χ0v) is 12.4. The number of aromatic nitrogens is 2. The maximum atomic E-state index is 5.53. The summed E-state index contributed by atoms with van der Waals surface area (Å²) in [5.41, 5.74) is 1.88. The SMILES string of the molecule is COc1ccc2nc(NCc3nc(C)c(C)o3)sc2c1. The number of aryl methyl sites for hydroxylation is 2. The minimum absolute atomic E-state index is 0.533. The minimum atomic E-state index is 0.533. The molecule has 0 saturated carbocycles. The first-order valence-electron chi connectivity index (χ1n) is 6.27. The molecule has 0 saturated heterocycles. The topological polar surface area (TPSA) is 60.2 Å². The standard InChI is InChI=1S/C14H15N3O2S/c1-8-9(2)19-13(16-8)7-15-14-17-11-5-4-10(18-3)6-12(11)20-14/h4-6H,7H2,1-3H3,(H,15,17). The zero-order valence-electron chi connectivity index (χ0n) is 11.6. The Labute approximate surface area is 120 Å². The largest absolute Gasteiger partial charge is 0.497 e. The summed E-state index contributed by atoms with van der Waals surface area (Å²) < 4.78 is 11.8. The maximum Gasteiger partial charge on any atom is 0.214 e. The molecule has 3 rings (SSSR count). The van der Waals surface area contributed by atoms with Crippen LogP contribution in [-0.4, -0.2) is 17.1 Å². The molecule has 0 aliphatic heterocycles. The number of ether oxygens (including phenoxy) is 1. The molecule has 0 amide bonds. The molecule has 0 unspecified atom stereocenters. The Hall–Kier alpha value is -2.08. The van der Waals surface area contributed by atoms with Crippen molar-refractivity contribution in [2.45, 2.75) is 20.4 Å². The van der Waals surface area contributed by atoms with Gasteiger partial charge in [0, 0.05) is 0 Å². The van der Waals surface area contributed by atoms with Gasteiger partial charge in [-0.05, 0) is 32.0 Å². The number of rotatable bonds is 4. The van der Waals surface area contributed by atoms with E-state index in [0.29, 0.717) is 12.4 Å². The van der Waals surface area contributed by atoms with Gasteiger partial charge < -0.3 is 14.5 Å². The predicted molar refractivity (Wildman–Crippen MR) is 79.5 cm³/mol. The van der Waals surface area contributed by atoms with E-state index in [4.69, 9.17) is 9.15 Å². The van der Waals surface area contributed by atoms with Crippen LogP contribution in [0.5, 0.6) is 5.75 Å². The first-order chi connectivity index (χ1) is 9.65. The third-order valence-corrected chi connectivity index (χ3v) is 4.04. The quantitative estimate of drug-likeness (QED) is 0.796. The maximum absolute atomic E-state index is 5.53. The summed E-state index contributed by atoms with van der Waals surface area (Å²) in [5, 5.41) is 4.09. The molecule has 0 spiro atoms. The van der Waals surface area contributed by atoms with E-state index in [1.54, 1.807) is 18.4 Å². The summed E-state index contributed by atoms with van der Waals surface area (Å²) >= 11 is 1.59. The third-order valence-electron chi connectivity index (χ3n) is 3.06. The highest BCUT2D eigenvalue weighted by Gasteiger charge is 2.08. The fraction of sp³-hybridized carbons (Fsp3) is 0.286. The molecular weight excluding hydrogens is 274 g/mol. The summed E-state index contributed by atoms with van der Waals surface area (Å²) in [6.07, 6.45) is 0. The number of hydrogen-bond donors (Lipinski definition) is 1. The van der Waals surface area contributed by atoms with Crippen LogP contribution in [0, 0.1) is 13.8 Å². The number of nitrogens with zero attached hydrogens (tertiary/aromatic N) is 2. The lowest BCUT2D eigenvalue weighted by molar-refractivity contribution is 0.415. The molecule has 2 heterocycles. The van der Waals surface area contributed by atoms with E-state index in [-0.39, 0.29) is 0 Å². The predicted octanol–water partition coefficient (Wildman–Crippen LogP) is 3.52. The minimum Gasteiger partial charge on any atom is -0.497 e. The monoisotopic (exact) mass is 289 g/mol. The van der Waals surface area contributed by atoms with Crippen LogP contribution in [0.25, 0.3) is 10.2 Å². The van der Waals surface area contributed by atoms with Gasteiger partial charge >= 0.3 is 0 Å². The van der Waals surface area contributed by atoms with Crippen molar-refractivity contribution in [3.8, 4) is 5.75 Å². The van der Waals surface area contributed by atoms with Gasteiger partial charge in [-0.1, -0.05) is 11.3 Å². The molecule has 0 fully saturated rings. The van der Waals surface area contributed by atoms with Crippen molar-refractivity contribution < 1.29 is 9.15 Å². The second-order valence-electron chi connectivity index (χ2n) is 4.46. The molecule has 104 valence electrons. The Bertz CT molecular complexity index is 729. The van der Waals surface area contributed by atoms with Crippen molar-refractivity contribution in [1.82, 2.24) is 9.97 Å². The van der Waals surface area contributed by atoms with Gasteiger partial charge in [0.25, 0.3) is 0 Å². The van der Waals surface area contributed by atoms with E-state index in [1.807, 2.05) is 32.0 Å². The Kier molecular flexibility index (Phi) is 3.31. The van der Waals surface area contributed by atoms with Crippen LogP contribution in [0.3, 0.4) is 0 Å². The zero-order chi connectivity index (χ0) is 14.1. The van der Waals surface area contributed by atoms with Crippen LogP contribution in [0.4, 0.5) is 5.13 Å². The van der Waals surface area contributed by atoms with Gasteiger partial charge in [0.1, 0.15) is 11.5 Å². The van der Waals surface area contributed by atoms with Gasteiger partial charge in [0.15, 0.2) is 5.13 Å². The highest BCUT2D eigenvalue weighted by Crippen LogP contribution is 2.29. The molecular formula is C14H15N3O2S. The average Bonchev–Trinajstić information content (AvgIpc) is 2.99. The molecule has 0 bridgehead atoms. The summed E-state index contributed by atoms with van der Waals surface area (Å²) in [7, 11) is 1.66. The van der Waals surface area contributed by atoms with Crippen LogP contribution in [0.2, 0.25) is 0 Å². The second kappa shape index (κ2) is 5.13. The number of oxazole rings is 1. The van der Waals surface area contributed by atoms with Crippen molar-refractivity contribution in [2.24, 2.45) is 0 Å². The van der Waals surface area contributed by atoms with Gasteiger partial charge in [-0.25, -0.2) is 9.97 Å². The van der Waals surface area contributed by atoms with Gasteiger partial charge in [-0.2, -0.15) is 0 Å². The van der Waals surface area contributed by atoms with E-state index in [0.717, 1.165) is 32.6 Å². The van der Waals surface area contributed by atoms with Crippen molar-refractivity contribution >= 4 is 26.7 Å². The smallest absolute Gasteiger partial charge is 0.214 e. The molecule has 1 aromatic carbocycles. The summed E-state index contributed by atoms with van der Waals surface area (Å²) in [6.45, 7) is 4.38. The van der Waals surface area contributed by atoms with Gasteiger partial charge in [0.2, 0.25) is 5.89 Å². The first-order valence-corrected chi connectivity index (χ1v) is 7.08. The number of nitrogens with one attached hydrogen (secondary N) is 1. The van der Waals surface area contributed by atoms with Crippen molar-refractivity contribution in [1.29, 1.82) is 0 Å². The fourth-order valence-corrected chi connectivity index (χ4v) is 2.76. The third kappa shape index (κ3) is 2.46. The van der Waals surface area contributed by atoms with Crippen molar-refractivity contribution in [2.75, 3.05) is 12.4 Å². The molecule has 0 radical (unpaired) electrons. The lowest BCUT2D eigenvalue weighted by Crippen LogP contribution is -1.98. The lowest BCUT2D eigenvalue weighted by Gasteiger charge is -1.96. The van der Waals surface area contributed by atoms with E-state index in [1.165, 1.54) is 0 Å². The van der Waals surface area contributed by atoms with Gasteiger partial charge in [-0.15, -0.1) is 0 Å². The highest BCUT2D eigenvalue weighted by atomic mass is 32.1. The van der Waals surface area contributed by atoms with Crippen molar-refractivity contribution in [3.63, 3.8) is 0 Å². The Morgan fingerprint density at radius 2 is 2.15 bits per heavy atom. The number of methoxy groups -OCH3 is 1. The van der Waals surface area contributed by atoms with Crippen LogP contribution in [-0.2, 0) is 6.54 Å². The molecule has 0 atom stereocenters. The van der Waals surface area contributed by atoms with Crippen LogP contribution >= 0.6 is 11.3 Å². The number of benzene rings is 1. The second-order valence-corrected chi connectivity index (χ2v) is 5.49. The molecule has 6 heteroatoms. The molecule has 1 N–H and O–H groups in total. The van der Waals surface area contributed by atoms with E-state index in [2.05, 4.69) is 15.3 Å². The average molecular weight is 289 g/mol. The number of anilines is 1. The molecule has 5 nitrogen and oxygen atoms in total. The molecule has 20 heavy (non-hydrogen) atoms. The number of thiazole rings is 1. The van der Waals surface area contributed by atoms with Crippen LogP contribution < -0.4 is 10.1 Å². The van der Waals surface area contributed by atoms with Gasteiger partial charge in [0.05, 0.1) is 29.6 Å². The van der Waals surface area contributed by atoms with Crippen LogP contribution in [0.15, 0.2) is 22.6 Å². The van der Waals surface area contributed by atoms with Crippen molar-refractivity contribution in [3.05, 3.63) is 35.5 Å². The Balaban J connectivity index is 1.77. The van der Waals surface area contributed by atoms with Crippen LogP contribution in [0.1, 0.15) is 17.3 Å². The summed E-state index contributed by atoms with van der Waals surface area (Å²) in [5.74, 6) is 2.37. The van der Waals surface area contributed by atoms with E-state index >= 15 is 0 Å². The lowest BCUT2D eigenvalue weighted by atomic mass is 10.3. The molecule has 0 aliphatic rings. The Morgan fingerprint density at radius 1 is 1.30 bits per heavy atom.